The van der Waals surface area contributed by atoms with E-state index in [1.165, 1.54) is 16.8 Å². The van der Waals surface area contributed by atoms with E-state index in [4.69, 9.17) is 4.74 Å². The topological polar surface area (TPSA) is 76.5 Å². The first-order chi connectivity index (χ1) is 11.4. The fourth-order valence-corrected chi connectivity index (χ4v) is 2.71. The van der Waals surface area contributed by atoms with Crippen LogP contribution < -0.4 is 10.9 Å². The van der Waals surface area contributed by atoms with Crippen LogP contribution in [0.4, 0.5) is 0 Å². The predicted molar refractivity (Wildman–Crippen MR) is 92.2 cm³/mol. The number of carbonyl (C=O) groups excluding carboxylic acids is 1. The Bertz CT molecular complexity index is 606. The number of hydrogen-bond acceptors (Lipinski definition) is 5. The Balaban J connectivity index is 1.97. The number of aromatic nitrogens is 2. The van der Waals surface area contributed by atoms with Crippen molar-refractivity contribution in [3.63, 3.8) is 0 Å². The van der Waals surface area contributed by atoms with Gasteiger partial charge in [-0.05, 0) is 26.3 Å². The summed E-state index contributed by atoms with van der Waals surface area (Å²) in [6.07, 6.45) is 1.83. The number of rotatable bonds is 7. The van der Waals surface area contributed by atoms with Crippen molar-refractivity contribution in [2.24, 2.45) is 0 Å². The zero-order valence-corrected chi connectivity index (χ0v) is 14.9. The van der Waals surface area contributed by atoms with Crippen LogP contribution in [0.3, 0.4) is 0 Å². The monoisotopic (exact) mass is 336 g/mol. The predicted octanol–water partition coefficient (Wildman–Crippen LogP) is 0.884. The Morgan fingerprint density at radius 1 is 1.33 bits per heavy atom. The number of nitrogens with one attached hydrogen (secondary N) is 1. The molecule has 2 heterocycles. The summed E-state index contributed by atoms with van der Waals surface area (Å²) in [5.74, 6) is -0.249. The molecule has 134 valence electrons. The number of morpholine rings is 1. The highest BCUT2D eigenvalue weighted by molar-refractivity contribution is 5.92. The SMILES string of the molecule is CCCCn1nc(C(=O)NCC(C)(C)N2CCOCC2)ccc1=O. The van der Waals surface area contributed by atoms with Crippen molar-refractivity contribution in [2.75, 3.05) is 32.8 Å². The first kappa shape index (κ1) is 18.6. The van der Waals surface area contributed by atoms with Crippen LogP contribution in [0.5, 0.6) is 0 Å². The van der Waals surface area contributed by atoms with Gasteiger partial charge in [0.05, 0.1) is 13.2 Å². The van der Waals surface area contributed by atoms with Gasteiger partial charge in [-0.15, -0.1) is 0 Å². The molecule has 0 aromatic carbocycles. The molecule has 1 fully saturated rings. The van der Waals surface area contributed by atoms with E-state index in [1.54, 1.807) is 0 Å². The van der Waals surface area contributed by atoms with Crippen LogP contribution in [0.25, 0.3) is 0 Å². The van der Waals surface area contributed by atoms with Crippen LogP contribution in [-0.2, 0) is 11.3 Å². The average Bonchev–Trinajstić information content (AvgIpc) is 2.60. The molecule has 0 radical (unpaired) electrons. The minimum absolute atomic E-state index is 0.157. The maximum absolute atomic E-state index is 12.4. The molecule has 0 aliphatic carbocycles. The van der Waals surface area contributed by atoms with E-state index >= 15 is 0 Å². The number of unbranched alkanes of at least 4 members (excludes halogenated alkanes) is 1. The summed E-state index contributed by atoms with van der Waals surface area (Å²) in [5.41, 5.74) is -0.0482. The molecular weight excluding hydrogens is 308 g/mol. The summed E-state index contributed by atoms with van der Waals surface area (Å²) in [6, 6.07) is 2.90. The van der Waals surface area contributed by atoms with Crippen LogP contribution in [0, 0.1) is 0 Å². The second kappa shape index (κ2) is 8.39. The van der Waals surface area contributed by atoms with Crippen LogP contribution in [-0.4, -0.2) is 59.0 Å². The highest BCUT2D eigenvalue weighted by Gasteiger charge is 2.28. The third-order valence-electron chi connectivity index (χ3n) is 4.37. The lowest BCUT2D eigenvalue weighted by atomic mass is 10.0. The van der Waals surface area contributed by atoms with E-state index in [-0.39, 0.29) is 22.7 Å². The highest BCUT2D eigenvalue weighted by atomic mass is 16.5. The fraction of sp³-hybridized carbons (Fsp3) is 0.706. The summed E-state index contributed by atoms with van der Waals surface area (Å²) in [5, 5.41) is 7.12. The molecule has 1 aromatic rings. The lowest BCUT2D eigenvalue weighted by Crippen LogP contribution is -2.55. The van der Waals surface area contributed by atoms with Gasteiger partial charge in [-0.2, -0.15) is 5.10 Å². The largest absolute Gasteiger partial charge is 0.379 e. The van der Waals surface area contributed by atoms with Crippen molar-refractivity contribution < 1.29 is 9.53 Å². The fourth-order valence-electron chi connectivity index (χ4n) is 2.71. The van der Waals surface area contributed by atoms with Gasteiger partial charge >= 0.3 is 0 Å². The zero-order valence-electron chi connectivity index (χ0n) is 14.9. The van der Waals surface area contributed by atoms with E-state index in [2.05, 4.69) is 36.1 Å². The maximum Gasteiger partial charge on any atom is 0.271 e. The molecule has 0 bridgehead atoms. The smallest absolute Gasteiger partial charge is 0.271 e. The second-order valence-corrected chi connectivity index (χ2v) is 6.73. The van der Waals surface area contributed by atoms with Crippen LogP contribution in [0.1, 0.15) is 44.1 Å². The summed E-state index contributed by atoms with van der Waals surface area (Å²) in [7, 11) is 0. The van der Waals surface area contributed by atoms with Gasteiger partial charge in [0, 0.05) is 37.8 Å². The lowest BCUT2D eigenvalue weighted by Gasteiger charge is -2.40. The molecule has 1 amide bonds. The minimum Gasteiger partial charge on any atom is -0.379 e. The van der Waals surface area contributed by atoms with E-state index in [0.29, 0.717) is 13.1 Å². The summed E-state index contributed by atoms with van der Waals surface area (Å²) in [4.78, 5) is 26.5. The van der Waals surface area contributed by atoms with Crippen molar-refractivity contribution in [3.05, 3.63) is 28.2 Å². The molecule has 1 aliphatic rings. The zero-order chi connectivity index (χ0) is 17.6. The molecule has 7 heteroatoms. The van der Waals surface area contributed by atoms with E-state index < -0.39 is 0 Å². The quantitative estimate of drug-likeness (QED) is 0.800. The summed E-state index contributed by atoms with van der Waals surface area (Å²) >= 11 is 0. The highest BCUT2D eigenvalue weighted by Crippen LogP contribution is 2.15. The number of hydrogen-bond donors (Lipinski definition) is 1. The third kappa shape index (κ3) is 4.88. The minimum atomic E-state index is -0.249. The van der Waals surface area contributed by atoms with Crippen molar-refractivity contribution in [2.45, 2.75) is 45.7 Å². The molecule has 1 aromatic heterocycles. The number of nitrogens with zero attached hydrogens (tertiary/aromatic N) is 3. The van der Waals surface area contributed by atoms with Gasteiger partial charge < -0.3 is 10.1 Å². The molecule has 2 rings (SSSR count). The Morgan fingerprint density at radius 2 is 2.04 bits per heavy atom. The number of aryl methyl sites for hydroxylation is 1. The first-order valence-corrected chi connectivity index (χ1v) is 8.63. The first-order valence-electron chi connectivity index (χ1n) is 8.63. The van der Waals surface area contributed by atoms with Gasteiger partial charge in [0.15, 0.2) is 0 Å². The van der Waals surface area contributed by atoms with Gasteiger partial charge in [0.2, 0.25) is 0 Å². The Hall–Kier alpha value is -1.73. The third-order valence-corrected chi connectivity index (χ3v) is 4.37. The molecule has 0 atom stereocenters. The van der Waals surface area contributed by atoms with E-state index in [1.807, 2.05) is 0 Å². The molecule has 1 aliphatic heterocycles. The van der Waals surface area contributed by atoms with Crippen molar-refractivity contribution in [3.8, 4) is 0 Å². The van der Waals surface area contributed by atoms with E-state index in [9.17, 15) is 9.59 Å². The van der Waals surface area contributed by atoms with Gasteiger partial charge in [0.25, 0.3) is 11.5 Å². The van der Waals surface area contributed by atoms with Crippen LogP contribution in [0.15, 0.2) is 16.9 Å². The maximum atomic E-state index is 12.4. The Morgan fingerprint density at radius 3 is 2.71 bits per heavy atom. The van der Waals surface area contributed by atoms with Crippen LogP contribution in [0.2, 0.25) is 0 Å². The molecule has 0 spiro atoms. The normalized spacial score (nSPS) is 16.1. The summed E-state index contributed by atoms with van der Waals surface area (Å²) < 4.78 is 6.74. The molecule has 1 saturated heterocycles. The average molecular weight is 336 g/mol. The van der Waals surface area contributed by atoms with Gasteiger partial charge in [-0.1, -0.05) is 13.3 Å². The molecule has 1 N–H and O–H groups in total. The second-order valence-electron chi connectivity index (χ2n) is 6.73. The Labute approximate surface area is 143 Å². The number of carbonyl (C=O) groups is 1. The van der Waals surface area contributed by atoms with Gasteiger partial charge in [-0.25, -0.2) is 4.68 Å². The van der Waals surface area contributed by atoms with Crippen molar-refractivity contribution >= 4 is 5.91 Å². The van der Waals surface area contributed by atoms with Crippen molar-refractivity contribution in [1.29, 1.82) is 0 Å². The lowest BCUT2D eigenvalue weighted by molar-refractivity contribution is -0.00925. The number of ether oxygens (including phenoxy) is 1. The molecule has 0 saturated carbocycles. The number of amides is 1. The van der Waals surface area contributed by atoms with E-state index in [0.717, 1.165) is 39.1 Å². The Kier molecular flexibility index (Phi) is 6.51. The van der Waals surface area contributed by atoms with Crippen molar-refractivity contribution in [1.82, 2.24) is 20.0 Å². The van der Waals surface area contributed by atoms with Gasteiger partial charge in [0.1, 0.15) is 5.69 Å². The van der Waals surface area contributed by atoms with Gasteiger partial charge in [-0.3, -0.25) is 14.5 Å². The molecule has 24 heavy (non-hydrogen) atoms. The molecular formula is C17H28N4O3. The van der Waals surface area contributed by atoms with Crippen LogP contribution >= 0.6 is 0 Å². The molecule has 0 unspecified atom stereocenters. The molecule has 7 nitrogen and oxygen atoms in total. The standard InChI is InChI=1S/C17H28N4O3/c1-4-5-8-21-15(22)7-6-14(19-21)16(23)18-13-17(2,3)20-9-11-24-12-10-20/h6-7H,4-5,8-13H2,1-3H3,(H,18,23). The summed E-state index contributed by atoms with van der Waals surface area (Å²) in [6.45, 7) is 10.5.